The molecule has 5 nitrogen and oxygen atoms in total. The van der Waals surface area contributed by atoms with Gasteiger partial charge in [0.15, 0.2) is 0 Å². The minimum Gasteiger partial charge on any atom is -0.466 e. The number of carbonyl (C=O) groups excluding carboxylic acids is 2. The Kier molecular flexibility index (Phi) is 3.49. The van der Waals surface area contributed by atoms with Crippen LogP contribution in [0.4, 0.5) is 4.79 Å². The van der Waals surface area contributed by atoms with Gasteiger partial charge in [-0.25, -0.2) is 4.79 Å². The summed E-state index contributed by atoms with van der Waals surface area (Å²) in [6.45, 7) is 8.99. The molecule has 2 rings (SSSR count). The second kappa shape index (κ2) is 4.69. The minimum atomic E-state index is -0.476. The first-order valence-electron chi connectivity index (χ1n) is 6.93. The van der Waals surface area contributed by atoms with Crippen LogP contribution in [0.3, 0.4) is 0 Å². The molecule has 0 aromatic heterocycles. The molecule has 1 saturated carbocycles. The molecule has 1 amide bonds. The fourth-order valence-electron chi connectivity index (χ4n) is 2.74. The Morgan fingerprint density at radius 1 is 1.37 bits per heavy atom. The highest BCUT2D eigenvalue weighted by Crippen LogP contribution is 2.58. The van der Waals surface area contributed by atoms with Crippen molar-refractivity contribution in [3.63, 3.8) is 0 Å². The molecule has 0 radical (unpaired) electrons. The van der Waals surface area contributed by atoms with Gasteiger partial charge in [0.05, 0.1) is 12.0 Å². The van der Waals surface area contributed by atoms with Crippen molar-refractivity contribution in [2.24, 2.45) is 11.3 Å². The highest BCUT2D eigenvalue weighted by Gasteiger charge is 2.63. The van der Waals surface area contributed by atoms with E-state index in [1.165, 1.54) is 0 Å². The lowest BCUT2D eigenvalue weighted by molar-refractivity contribution is -0.151. The monoisotopic (exact) mass is 269 g/mol. The van der Waals surface area contributed by atoms with Gasteiger partial charge in [-0.1, -0.05) is 0 Å². The average Bonchev–Trinajstić information content (AvgIpc) is 3.01. The van der Waals surface area contributed by atoms with Crippen LogP contribution in [-0.2, 0) is 14.3 Å². The predicted molar refractivity (Wildman–Crippen MR) is 69.6 cm³/mol. The molecular formula is C14H23NO4. The third-order valence-corrected chi connectivity index (χ3v) is 3.83. The second-order valence-electron chi connectivity index (χ2n) is 6.45. The summed E-state index contributed by atoms with van der Waals surface area (Å²) >= 11 is 0. The van der Waals surface area contributed by atoms with Crippen molar-refractivity contribution in [1.82, 2.24) is 4.90 Å². The fraction of sp³-hybridized carbons (Fsp3) is 0.857. The van der Waals surface area contributed by atoms with Crippen LogP contribution < -0.4 is 0 Å². The molecule has 1 saturated heterocycles. The van der Waals surface area contributed by atoms with E-state index in [0.717, 1.165) is 6.42 Å². The van der Waals surface area contributed by atoms with Crippen molar-refractivity contribution >= 4 is 12.1 Å². The summed E-state index contributed by atoms with van der Waals surface area (Å²) in [5.74, 6) is 0.150. The van der Waals surface area contributed by atoms with Gasteiger partial charge in [0.25, 0.3) is 0 Å². The number of piperidine rings is 1. The largest absolute Gasteiger partial charge is 0.466 e. The molecule has 5 heteroatoms. The molecule has 0 bridgehead atoms. The van der Waals surface area contributed by atoms with Gasteiger partial charge in [-0.3, -0.25) is 4.79 Å². The molecule has 2 atom stereocenters. The highest BCUT2D eigenvalue weighted by atomic mass is 16.6. The number of amides is 1. The highest BCUT2D eigenvalue weighted by molar-refractivity contribution is 5.81. The number of nitrogens with zero attached hydrogens (tertiary/aromatic N) is 1. The fourth-order valence-corrected chi connectivity index (χ4v) is 2.74. The van der Waals surface area contributed by atoms with Crippen LogP contribution in [0.15, 0.2) is 0 Å². The summed E-state index contributed by atoms with van der Waals surface area (Å²) in [6.07, 6.45) is 1.25. The van der Waals surface area contributed by atoms with Gasteiger partial charge in [-0.2, -0.15) is 0 Å². The summed E-state index contributed by atoms with van der Waals surface area (Å²) in [7, 11) is 0. The van der Waals surface area contributed by atoms with Gasteiger partial charge in [0.1, 0.15) is 5.60 Å². The number of fused-ring (bicyclic) bond motifs is 1. The second-order valence-corrected chi connectivity index (χ2v) is 6.45. The molecule has 0 aromatic carbocycles. The van der Waals surface area contributed by atoms with E-state index < -0.39 is 5.60 Å². The average molecular weight is 269 g/mol. The zero-order valence-corrected chi connectivity index (χ0v) is 12.2. The van der Waals surface area contributed by atoms with Crippen molar-refractivity contribution in [3.8, 4) is 0 Å². The molecule has 1 aliphatic carbocycles. The molecular weight excluding hydrogens is 246 g/mol. The number of hydrogen-bond acceptors (Lipinski definition) is 4. The van der Waals surface area contributed by atoms with E-state index in [9.17, 15) is 9.59 Å². The Balaban J connectivity index is 1.90. The van der Waals surface area contributed by atoms with Crippen molar-refractivity contribution in [2.45, 2.75) is 46.1 Å². The number of ether oxygens (including phenoxy) is 2. The summed E-state index contributed by atoms with van der Waals surface area (Å²) in [5.41, 5.74) is -0.787. The molecule has 1 heterocycles. The lowest BCUT2D eigenvalue weighted by Gasteiger charge is -2.32. The third kappa shape index (κ3) is 2.85. The Morgan fingerprint density at radius 2 is 2.05 bits per heavy atom. The Morgan fingerprint density at radius 3 is 2.58 bits per heavy atom. The standard InChI is InChI=1S/C14H23NO4/c1-5-18-11(16)14-6-7-15(9-10(14)8-14)12(17)19-13(2,3)4/h10H,5-9H2,1-4H3/t10-,14-/m0/s1. The number of carbonyl (C=O) groups is 2. The summed E-state index contributed by atoms with van der Waals surface area (Å²) in [5, 5.41) is 0. The first-order chi connectivity index (χ1) is 8.78. The SMILES string of the molecule is CCOC(=O)[C@]12CCN(C(=O)OC(C)(C)C)C[C@@H]1C2. The third-order valence-electron chi connectivity index (χ3n) is 3.83. The van der Waals surface area contributed by atoms with Gasteiger partial charge < -0.3 is 14.4 Å². The van der Waals surface area contributed by atoms with E-state index in [2.05, 4.69) is 0 Å². The van der Waals surface area contributed by atoms with Gasteiger partial charge in [0.2, 0.25) is 0 Å². The molecule has 0 N–H and O–H groups in total. The normalized spacial score (nSPS) is 29.5. The molecule has 2 aliphatic rings. The summed E-state index contributed by atoms with van der Waals surface area (Å²) < 4.78 is 10.5. The van der Waals surface area contributed by atoms with Crippen molar-refractivity contribution in [2.75, 3.05) is 19.7 Å². The summed E-state index contributed by atoms with van der Waals surface area (Å²) in [4.78, 5) is 25.6. The molecule has 0 spiro atoms. The first-order valence-corrected chi connectivity index (χ1v) is 6.93. The Bertz CT molecular complexity index is 387. The van der Waals surface area contributed by atoms with E-state index in [-0.39, 0.29) is 23.4 Å². The van der Waals surface area contributed by atoms with Crippen LogP contribution in [-0.4, -0.2) is 42.3 Å². The van der Waals surface area contributed by atoms with Crippen LogP contribution in [0.1, 0.15) is 40.5 Å². The number of rotatable bonds is 2. The lowest BCUT2D eigenvalue weighted by Crippen LogP contribution is -2.44. The Labute approximate surface area is 114 Å². The maximum absolute atomic E-state index is 12.0. The maximum Gasteiger partial charge on any atom is 0.410 e. The van der Waals surface area contributed by atoms with Crippen molar-refractivity contribution < 1.29 is 19.1 Å². The molecule has 0 unspecified atom stereocenters. The van der Waals surface area contributed by atoms with Crippen LogP contribution in [0.25, 0.3) is 0 Å². The molecule has 19 heavy (non-hydrogen) atoms. The first kappa shape index (κ1) is 14.2. The van der Waals surface area contributed by atoms with Crippen LogP contribution in [0, 0.1) is 11.3 Å². The predicted octanol–water partition coefficient (Wildman–Crippen LogP) is 2.20. The quantitative estimate of drug-likeness (QED) is 0.721. The lowest BCUT2D eigenvalue weighted by atomic mass is 9.95. The molecule has 2 fully saturated rings. The minimum absolute atomic E-state index is 0.0937. The van der Waals surface area contributed by atoms with Gasteiger partial charge >= 0.3 is 12.1 Å². The van der Waals surface area contributed by atoms with E-state index >= 15 is 0 Å². The van der Waals surface area contributed by atoms with Gasteiger partial charge in [-0.05, 0) is 46.5 Å². The van der Waals surface area contributed by atoms with Crippen LogP contribution in [0.5, 0.6) is 0 Å². The van der Waals surface area contributed by atoms with E-state index in [0.29, 0.717) is 26.1 Å². The number of esters is 1. The van der Waals surface area contributed by atoms with E-state index in [1.54, 1.807) is 4.90 Å². The zero-order chi connectivity index (χ0) is 14.3. The number of likely N-dealkylation sites (tertiary alicyclic amines) is 1. The maximum atomic E-state index is 12.0. The van der Waals surface area contributed by atoms with Crippen LogP contribution in [0.2, 0.25) is 0 Å². The zero-order valence-electron chi connectivity index (χ0n) is 12.2. The van der Waals surface area contributed by atoms with Crippen molar-refractivity contribution in [3.05, 3.63) is 0 Å². The smallest absolute Gasteiger partial charge is 0.410 e. The number of hydrogen-bond donors (Lipinski definition) is 0. The molecule has 1 aliphatic heterocycles. The topological polar surface area (TPSA) is 55.8 Å². The van der Waals surface area contributed by atoms with Gasteiger partial charge in [0, 0.05) is 13.1 Å². The molecule has 0 aromatic rings. The van der Waals surface area contributed by atoms with Crippen molar-refractivity contribution in [1.29, 1.82) is 0 Å². The Hall–Kier alpha value is -1.26. The van der Waals surface area contributed by atoms with Crippen LogP contribution >= 0.6 is 0 Å². The molecule has 108 valence electrons. The van der Waals surface area contributed by atoms with Gasteiger partial charge in [-0.15, -0.1) is 0 Å². The summed E-state index contributed by atoms with van der Waals surface area (Å²) in [6, 6.07) is 0. The van der Waals surface area contributed by atoms with E-state index in [4.69, 9.17) is 9.47 Å². The van der Waals surface area contributed by atoms with E-state index in [1.807, 2.05) is 27.7 Å².